The molecule has 1 saturated heterocycles. The molecule has 0 amide bonds. The van der Waals surface area contributed by atoms with Crippen molar-refractivity contribution in [3.05, 3.63) is 40.6 Å². The highest BCUT2D eigenvalue weighted by Gasteiger charge is 2.38. The second-order valence-corrected chi connectivity index (χ2v) is 8.96. The van der Waals surface area contributed by atoms with Crippen molar-refractivity contribution < 1.29 is 50.9 Å². The second kappa shape index (κ2) is 13.7. The van der Waals surface area contributed by atoms with Crippen LogP contribution in [0.5, 0.6) is 0 Å². The van der Waals surface area contributed by atoms with Crippen LogP contribution >= 0.6 is 11.3 Å². The summed E-state index contributed by atoms with van der Waals surface area (Å²) in [5, 5.41) is 18.7. The highest BCUT2D eigenvalue weighted by molar-refractivity contribution is 7.07. The predicted octanol–water partition coefficient (Wildman–Crippen LogP) is 3.18. The third kappa shape index (κ3) is 11.1. The topological polar surface area (TPSA) is 108 Å². The Bertz CT molecular complexity index is 953. The smallest absolute Gasteiger partial charge is 0.475 e. The molecule has 2 aliphatic rings. The number of rotatable bonds is 4. The maximum absolute atomic E-state index is 10.6. The number of ether oxygens (including phenoxy) is 1. The van der Waals surface area contributed by atoms with Crippen molar-refractivity contribution in [2.24, 2.45) is 5.92 Å². The van der Waals surface area contributed by atoms with Crippen LogP contribution in [-0.2, 0) is 34.0 Å². The van der Waals surface area contributed by atoms with Gasteiger partial charge in [0.2, 0.25) is 0 Å². The van der Waals surface area contributed by atoms with Gasteiger partial charge in [-0.1, -0.05) is 0 Å². The first-order valence-corrected chi connectivity index (χ1v) is 11.8. The van der Waals surface area contributed by atoms with Gasteiger partial charge in [0.05, 0.1) is 19.8 Å². The number of carboxylic acid groups (broad SMARTS) is 2. The van der Waals surface area contributed by atoms with Crippen LogP contribution in [0.3, 0.4) is 0 Å². The summed E-state index contributed by atoms with van der Waals surface area (Å²) in [7, 11) is 0. The minimum absolute atomic E-state index is 0.641. The van der Waals surface area contributed by atoms with Gasteiger partial charge in [0.1, 0.15) is 5.82 Å². The molecule has 0 aliphatic carbocycles. The number of hydrogen-bond donors (Lipinski definition) is 2. The molecule has 16 heteroatoms. The molecule has 2 N–H and O–H groups in total. The first-order valence-electron chi connectivity index (χ1n) is 10.9. The van der Waals surface area contributed by atoms with Gasteiger partial charge in [-0.2, -0.15) is 37.7 Å². The van der Waals surface area contributed by atoms with E-state index in [2.05, 4.69) is 42.4 Å². The Morgan fingerprint density at radius 3 is 2.14 bits per heavy atom. The lowest BCUT2D eigenvalue weighted by Crippen LogP contribution is -2.42. The Balaban J connectivity index is 0.000000286. The Labute approximate surface area is 211 Å². The number of hydrogen-bond acceptors (Lipinski definition) is 7. The Hall–Kier alpha value is -2.69. The molecule has 2 aliphatic heterocycles. The number of aromatic nitrogens is 2. The van der Waals surface area contributed by atoms with E-state index in [0.29, 0.717) is 5.92 Å². The van der Waals surface area contributed by atoms with Crippen LogP contribution in [0.2, 0.25) is 0 Å². The average Bonchev–Trinajstić information content (AvgIpc) is 3.43. The number of nitrogens with zero attached hydrogens (tertiary/aromatic N) is 4. The van der Waals surface area contributed by atoms with E-state index in [0.717, 1.165) is 59.0 Å². The standard InChI is InChI=1S/C17H24N4OS.2C2HF3O2/c1-8-23-14-15(1)9-20-11-16(10-19-4-6-22-7-5-19)12-21-3-2-18-17(21)13-20;2*3-2(4,5)1(6)7/h1-3,8,14,16H,4-7,9-13H2;2*(H,6,7). The maximum Gasteiger partial charge on any atom is 0.490 e. The molecule has 9 nitrogen and oxygen atoms in total. The van der Waals surface area contributed by atoms with Crippen LogP contribution in [-0.4, -0.2) is 93.2 Å². The molecule has 0 aromatic carbocycles. The minimum Gasteiger partial charge on any atom is -0.475 e. The molecular formula is C21H26F6N4O5S. The first-order chi connectivity index (χ1) is 17.3. The lowest BCUT2D eigenvalue weighted by Gasteiger charge is -2.31. The van der Waals surface area contributed by atoms with Crippen molar-refractivity contribution in [3.8, 4) is 0 Å². The number of alkyl halides is 6. The van der Waals surface area contributed by atoms with Crippen LogP contribution < -0.4 is 0 Å². The second-order valence-electron chi connectivity index (χ2n) is 8.18. The number of thiophene rings is 1. The fourth-order valence-electron chi connectivity index (χ4n) is 3.65. The van der Waals surface area contributed by atoms with E-state index < -0.39 is 24.3 Å². The van der Waals surface area contributed by atoms with Gasteiger partial charge in [0, 0.05) is 57.6 Å². The van der Waals surface area contributed by atoms with Gasteiger partial charge in [0.25, 0.3) is 0 Å². The Morgan fingerprint density at radius 2 is 1.62 bits per heavy atom. The molecular weight excluding hydrogens is 534 g/mol. The molecule has 208 valence electrons. The van der Waals surface area contributed by atoms with Gasteiger partial charge < -0.3 is 19.5 Å². The van der Waals surface area contributed by atoms with Crippen molar-refractivity contribution in [3.63, 3.8) is 0 Å². The number of halogens is 6. The molecule has 2 aromatic rings. The number of aliphatic carboxylic acids is 2. The van der Waals surface area contributed by atoms with Crippen molar-refractivity contribution in [1.29, 1.82) is 0 Å². The predicted molar refractivity (Wildman–Crippen MR) is 119 cm³/mol. The Morgan fingerprint density at radius 1 is 1.03 bits per heavy atom. The molecule has 0 saturated carbocycles. The third-order valence-corrected chi connectivity index (χ3v) is 5.96. The van der Waals surface area contributed by atoms with E-state index in [-0.39, 0.29) is 0 Å². The maximum atomic E-state index is 10.6. The van der Waals surface area contributed by atoms with Gasteiger partial charge in [0.15, 0.2) is 0 Å². The molecule has 2 aromatic heterocycles. The van der Waals surface area contributed by atoms with E-state index in [1.54, 1.807) is 11.3 Å². The molecule has 1 fully saturated rings. The van der Waals surface area contributed by atoms with Crippen molar-refractivity contribution in [2.75, 3.05) is 39.4 Å². The summed E-state index contributed by atoms with van der Waals surface area (Å²) in [4.78, 5) is 27.5. The monoisotopic (exact) mass is 560 g/mol. The Kier molecular flexibility index (Phi) is 11.3. The van der Waals surface area contributed by atoms with Gasteiger partial charge in [-0.05, 0) is 22.4 Å². The van der Waals surface area contributed by atoms with E-state index in [9.17, 15) is 26.3 Å². The van der Waals surface area contributed by atoms with Crippen molar-refractivity contribution in [1.82, 2.24) is 19.4 Å². The highest BCUT2D eigenvalue weighted by atomic mass is 32.1. The van der Waals surface area contributed by atoms with E-state index >= 15 is 0 Å². The molecule has 37 heavy (non-hydrogen) atoms. The summed E-state index contributed by atoms with van der Waals surface area (Å²) in [5.74, 6) is -3.67. The van der Waals surface area contributed by atoms with Gasteiger partial charge in [-0.25, -0.2) is 14.6 Å². The van der Waals surface area contributed by atoms with Gasteiger partial charge in [-0.15, -0.1) is 0 Å². The van der Waals surface area contributed by atoms with Crippen molar-refractivity contribution in [2.45, 2.75) is 32.0 Å². The van der Waals surface area contributed by atoms with Crippen LogP contribution in [0, 0.1) is 5.92 Å². The highest BCUT2D eigenvalue weighted by Crippen LogP contribution is 2.20. The summed E-state index contributed by atoms with van der Waals surface area (Å²) in [5.41, 5.74) is 1.42. The summed E-state index contributed by atoms with van der Waals surface area (Å²) in [6.07, 6.45) is -6.09. The molecule has 4 heterocycles. The lowest BCUT2D eigenvalue weighted by molar-refractivity contribution is -0.193. The van der Waals surface area contributed by atoms with Gasteiger partial charge in [-0.3, -0.25) is 9.80 Å². The first kappa shape index (κ1) is 30.5. The number of imidazole rings is 1. The van der Waals surface area contributed by atoms with Crippen LogP contribution in [0.15, 0.2) is 29.2 Å². The summed E-state index contributed by atoms with van der Waals surface area (Å²) in [6, 6.07) is 2.24. The van der Waals surface area contributed by atoms with Crippen LogP contribution in [0.4, 0.5) is 26.3 Å². The quantitative estimate of drug-likeness (QED) is 0.550. The zero-order valence-corrected chi connectivity index (χ0v) is 20.2. The van der Waals surface area contributed by atoms with Gasteiger partial charge >= 0.3 is 24.3 Å². The summed E-state index contributed by atoms with van der Waals surface area (Å²) >= 11 is 1.78. The lowest BCUT2D eigenvalue weighted by atomic mass is 10.1. The van der Waals surface area contributed by atoms with Crippen LogP contribution in [0.1, 0.15) is 11.4 Å². The molecule has 0 radical (unpaired) electrons. The molecule has 1 atom stereocenters. The zero-order chi connectivity index (χ0) is 27.6. The van der Waals surface area contributed by atoms with Crippen LogP contribution in [0.25, 0.3) is 0 Å². The third-order valence-electron chi connectivity index (χ3n) is 5.23. The number of carbonyl (C=O) groups is 2. The summed E-state index contributed by atoms with van der Waals surface area (Å²) in [6.45, 7) is 9.22. The minimum atomic E-state index is -5.08. The molecule has 4 rings (SSSR count). The molecule has 0 spiro atoms. The fourth-order valence-corrected chi connectivity index (χ4v) is 4.31. The fraction of sp³-hybridized carbons (Fsp3) is 0.571. The normalized spacial score (nSPS) is 18.9. The zero-order valence-electron chi connectivity index (χ0n) is 19.4. The molecule has 1 unspecified atom stereocenters. The van der Waals surface area contributed by atoms with E-state index in [1.807, 2.05) is 6.20 Å². The number of carboxylic acids is 2. The average molecular weight is 561 g/mol. The largest absolute Gasteiger partial charge is 0.490 e. The molecule has 0 bridgehead atoms. The SMILES string of the molecule is O=C(O)C(F)(F)F.O=C(O)C(F)(F)F.c1cn2c(n1)CN(Cc1ccsc1)CC(CN1CCOCC1)C2. The van der Waals surface area contributed by atoms with E-state index in [1.165, 1.54) is 11.4 Å². The number of fused-ring (bicyclic) bond motifs is 1. The number of morpholine rings is 1. The van der Waals surface area contributed by atoms with Crippen molar-refractivity contribution >= 4 is 23.3 Å². The van der Waals surface area contributed by atoms with E-state index in [4.69, 9.17) is 24.5 Å². The summed E-state index contributed by atoms with van der Waals surface area (Å²) < 4.78 is 71.3.